The Bertz CT molecular complexity index is 949. The number of benzene rings is 2. The number of hydrogen-bond acceptors (Lipinski definition) is 4. The van der Waals surface area contributed by atoms with Crippen LogP contribution in [0.15, 0.2) is 49.1 Å². The second-order valence-electron chi connectivity index (χ2n) is 6.72. The van der Waals surface area contributed by atoms with Gasteiger partial charge in [-0.2, -0.15) is 5.10 Å². The summed E-state index contributed by atoms with van der Waals surface area (Å²) in [7, 11) is 0. The van der Waals surface area contributed by atoms with Crippen molar-refractivity contribution < 1.29 is 4.79 Å². The molecule has 1 aliphatic carbocycles. The monoisotopic (exact) mass is 347 g/mol. The van der Waals surface area contributed by atoms with Gasteiger partial charge in [0.25, 0.3) is 5.91 Å². The summed E-state index contributed by atoms with van der Waals surface area (Å²) >= 11 is 0. The van der Waals surface area contributed by atoms with E-state index in [1.54, 1.807) is 11.0 Å². The molecule has 1 aliphatic rings. The molecule has 1 aromatic heterocycles. The van der Waals surface area contributed by atoms with Gasteiger partial charge in [-0.15, -0.1) is 0 Å². The zero-order chi connectivity index (χ0) is 18.1. The highest BCUT2D eigenvalue weighted by Crippen LogP contribution is 2.31. The first-order valence-corrected chi connectivity index (χ1v) is 8.76. The molecule has 1 amide bonds. The van der Waals surface area contributed by atoms with Crippen LogP contribution in [0.4, 0.5) is 5.69 Å². The predicted molar refractivity (Wildman–Crippen MR) is 100 cm³/mol. The molecule has 2 aromatic carbocycles. The second-order valence-corrected chi connectivity index (χ2v) is 6.72. The predicted octanol–water partition coefficient (Wildman–Crippen LogP) is 2.97. The molecule has 0 saturated heterocycles. The summed E-state index contributed by atoms with van der Waals surface area (Å²) < 4.78 is 1.68. The third kappa shape index (κ3) is 3.06. The highest BCUT2D eigenvalue weighted by Gasteiger charge is 2.23. The van der Waals surface area contributed by atoms with Gasteiger partial charge in [0.15, 0.2) is 0 Å². The molecule has 0 aliphatic heterocycles. The lowest BCUT2D eigenvalue weighted by Gasteiger charge is -2.27. The Balaban J connectivity index is 1.56. The molecule has 1 unspecified atom stereocenters. The Morgan fingerprint density at radius 2 is 2.15 bits per heavy atom. The Hall–Kier alpha value is -3.15. The van der Waals surface area contributed by atoms with Gasteiger partial charge in [-0.1, -0.05) is 6.07 Å². The van der Waals surface area contributed by atoms with Crippen LogP contribution in [0.5, 0.6) is 0 Å². The fourth-order valence-corrected chi connectivity index (χ4v) is 3.61. The summed E-state index contributed by atoms with van der Waals surface area (Å²) in [6.45, 7) is 1.94. The van der Waals surface area contributed by atoms with Crippen molar-refractivity contribution in [1.29, 1.82) is 0 Å². The highest BCUT2D eigenvalue weighted by molar-refractivity contribution is 5.96. The van der Waals surface area contributed by atoms with E-state index in [0.29, 0.717) is 5.56 Å². The van der Waals surface area contributed by atoms with E-state index < -0.39 is 0 Å². The third-order valence-corrected chi connectivity index (χ3v) is 4.92. The van der Waals surface area contributed by atoms with Crippen molar-refractivity contribution in [2.75, 3.05) is 5.73 Å². The van der Waals surface area contributed by atoms with Crippen LogP contribution in [0.1, 0.15) is 45.9 Å². The minimum Gasteiger partial charge on any atom is -0.399 e. The van der Waals surface area contributed by atoms with E-state index in [2.05, 4.69) is 15.4 Å². The number of hydrogen-bond donors (Lipinski definition) is 2. The number of nitrogens with zero attached hydrogens (tertiary/aromatic N) is 3. The molecule has 0 saturated carbocycles. The van der Waals surface area contributed by atoms with Gasteiger partial charge in [0.1, 0.15) is 12.7 Å². The number of anilines is 1. The number of amides is 1. The van der Waals surface area contributed by atoms with E-state index in [1.807, 2.05) is 43.3 Å². The van der Waals surface area contributed by atoms with E-state index in [-0.39, 0.29) is 11.9 Å². The van der Waals surface area contributed by atoms with Crippen LogP contribution >= 0.6 is 0 Å². The normalized spacial score (nSPS) is 16.1. The maximum Gasteiger partial charge on any atom is 0.252 e. The minimum absolute atomic E-state index is 0.0289. The van der Waals surface area contributed by atoms with Crippen molar-refractivity contribution in [3.8, 4) is 5.69 Å². The van der Waals surface area contributed by atoms with Crippen LogP contribution in [-0.2, 0) is 6.42 Å². The lowest BCUT2D eigenvalue weighted by molar-refractivity contribution is 0.0932. The Kier molecular flexibility index (Phi) is 4.16. The molecule has 6 heteroatoms. The molecule has 0 spiro atoms. The molecule has 1 heterocycles. The van der Waals surface area contributed by atoms with Crippen molar-refractivity contribution in [1.82, 2.24) is 20.1 Å². The average molecular weight is 347 g/mol. The molecule has 26 heavy (non-hydrogen) atoms. The Morgan fingerprint density at radius 3 is 2.92 bits per heavy atom. The number of rotatable bonds is 3. The van der Waals surface area contributed by atoms with Gasteiger partial charge in [-0.25, -0.2) is 9.67 Å². The van der Waals surface area contributed by atoms with E-state index in [0.717, 1.165) is 36.2 Å². The van der Waals surface area contributed by atoms with Gasteiger partial charge in [0.05, 0.1) is 11.7 Å². The molecule has 0 radical (unpaired) electrons. The molecule has 6 nitrogen and oxygen atoms in total. The van der Waals surface area contributed by atoms with Gasteiger partial charge in [0.2, 0.25) is 0 Å². The average Bonchev–Trinajstić information content (AvgIpc) is 3.16. The fourth-order valence-electron chi connectivity index (χ4n) is 3.61. The van der Waals surface area contributed by atoms with Crippen LogP contribution < -0.4 is 11.1 Å². The SMILES string of the molecule is Cc1cc(-n2cncn2)ccc1C(=O)NC1CCCc2cc(N)ccc21. The summed E-state index contributed by atoms with van der Waals surface area (Å²) in [6, 6.07) is 11.7. The first-order valence-electron chi connectivity index (χ1n) is 8.76. The second kappa shape index (κ2) is 6.63. The smallest absolute Gasteiger partial charge is 0.252 e. The van der Waals surface area contributed by atoms with Gasteiger partial charge in [-0.3, -0.25) is 4.79 Å². The molecular weight excluding hydrogens is 326 g/mol. The topological polar surface area (TPSA) is 85.8 Å². The number of nitrogens with one attached hydrogen (secondary N) is 1. The summed E-state index contributed by atoms with van der Waals surface area (Å²) in [5.41, 5.74) is 11.5. The van der Waals surface area contributed by atoms with Crippen molar-refractivity contribution in [3.63, 3.8) is 0 Å². The maximum atomic E-state index is 12.8. The Morgan fingerprint density at radius 1 is 1.27 bits per heavy atom. The van der Waals surface area contributed by atoms with E-state index >= 15 is 0 Å². The lowest BCUT2D eigenvalue weighted by atomic mass is 9.87. The standard InChI is InChI=1S/C20H21N5O/c1-13-9-16(25-12-22-11-23-25)6-8-17(13)20(26)24-19-4-2-3-14-10-15(21)5-7-18(14)19/h5-12,19H,2-4,21H2,1H3,(H,24,26). The Labute approximate surface area is 152 Å². The van der Waals surface area contributed by atoms with Crippen LogP contribution in [0, 0.1) is 6.92 Å². The first-order chi connectivity index (χ1) is 12.6. The maximum absolute atomic E-state index is 12.8. The molecule has 3 aromatic rings. The van der Waals surface area contributed by atoms with Gasteiger partial charge >= 0.3 is 0 Å². The van der Waals surface area contributed by atoms with Gasteiger partial charge in [0, 0.05) is 11.3 Å². The van der Waals surface area contributed by atoms with Crippen molar-refractivity contribution in [2.24, 2.45) is 0 Å². The number of nitrogens with two attached hydrogens (primary N) is 1. The number of fused-ring (bicyclic) bond motifs is 1. The van der Waals surface area contributed by atoms with Gasteiger partial charge in [-0.05, 0) is 73.2 Å². The molecule has 1 atom stereocenters. The van der Waals surface area contributed by atoms with E-state index in [4.69, 9.17) is 5.73 Å². The number of carbonyl (C=O) groups is 1. The molecule has 132 valence electrons. The number of carbonyl (C=O) groups excluding carboxylic acids is 1. The fraction of sp³-hybridized carbons (Fsp3) is 0.250. The molecule has 3 N–H and O–H groups in total. The zero-order valence-corrected chi connectivity index (χ0v) is 14.6. The van der Waals surface area contributed by atoms with E-state index in [9.17, 15) is 4.79 Å². The van der Waals surface area contributed by atoms with Crippen LogP contribution in [0.2, 0.25) is 0 Å². The summed E-state index contributed by atoms with van der Waals surface area (Å²) in [6.07, 6.45) is 6.13. The van der Waals surface area contributed by atoms with Crippen LogP contribution in [-0.4, -0.2) is 20.7 Å². The van der Waals surface area contributed by atoms with Crippen LogP contribution in [0.25, 0.3) is 5.69 Å². The molecule has 0 fully saturated rings. The van der Waals surface area contributed by atoms with E-state index in [1.165, 1.54) is 17.5 Å². The van der Waals surface area contributed by atoms with Gasteiger partial charge < -0.3 is 11.1 Å². The minimum atomic E-state index is -0.0534. The largest absolute Gasteiger partial charge is 0.399 e. The van der Waals surface area contributed by atoms with Crippen molar-refractivity contribution in [3.05, 3.63) is 71.3 Å². The first kappa shape index (κ1) is 16.3. The number of aryl methyl sites for hydroxylation is 2. The zero-order valence-electron chi connectivity index (χ0n) is 14.6. The summed E-state index contributed by atoms with van der Waals surface area (Å²) in [5, 5.41) is 7.31. The van der Waals surface area contributed by atoms with Crippen molar-refractivity contribution >= 4 is 11.6 Å². The third-order valence-electron chi connectivity index (χ3n) is 4.92. The molecule has 0 bridgehead atoms. The van der Waals surface area contributed by atoms with Crippen LogP contribution in [0.3, 0.4) is 0 Å². The highest BCUT2D eigenvalue weighted by atomic mass is 16.1. The molecule has 4 rings (SSSR count). The summed E-state index contributed by atoms with van der Waals surface area (Å²) in [5.74, 6) is -0.0534. The molecular formula is C20H21N5O. The number of nitrogen functional groups attached to an aromatic ring is 1. The lowest BCUT2D eigenvalue weighted by Crippen LogP contribution is -2.31. The quantitative estimate of drug-likeness (QED) is 0.713. The number of aromatic nitrogens is 3. The summed E-state index contributed by atoms with van der Waals surface area (Å²) in [4.78, 5) is 16.8. The van der Waals surface area contributed by atoms with Crippen molar-refractivity contribution in [2.45, 2.75) is 32.2 Å².